The van der Waals surface area contributed by atoms with Crippen LogP contribution in [0.1, 0.15) is 35.6 Å². The van der Waals surface area contributed by atoms with Gasteiger partial charge in [0.25, 0.3) is 5.69 Å². The van der Waals surface area contributed by atoms with Crippen molar-refractivity contribution in [2.24, 2.45) is 0 Å². The van der Waals surface area contributed by atoms with Gasteiger partial charge >= 0.3 is 0 Å². The molecular formula is C19H24N4O2. The Balaban J connectivity index is 1.75. The van der Waals surface area contributed by atoms with Crippen LogP contribution in [-0.2, 0) is 0 Å². The quantitative estimate of drug-likeness (QED) is 0.639. The molecule has 0 amide bonds. The van der Waals surface area contributed by atoms with Crippen LogP contribution in [-0.4, -0.2) is 34.4 Å². The second-order valence-electron chi connectivity index (χ2n) is 6.66. The van der Waals surface area contributed by atoms with Crippen LogP contribution in [0.2, 0.25) is 0 Å². The van der Waals surface area contributed by atoms with Crippen molar-refractivity contribution in [2.75, 3.05) is 25.0 Å². The average molecular weight is 340 g/mol. The summed E-state index contributed by atoms with van der Waals surface area (Å²) in [6.45, 7) is 6.77. The summed E-state index contributed by atoms with van der Waals surface area (Å²) in [6.07, 6.45) is 3.79. The molecule has 1 aliphatic heterocycles. The van der Waals surface area contributed by atoms with Gasteiger partial charge in [-0.3, -0.25) is 15.0 Å². The van der Waals surface area contributed by atoms with Crippen molar-refractivity contribution in [1.29, 1.82) is 0 Å². The number of nitrogens with one attached hydrogen (secondary N) is 1. The first-order valence-corrected chi connectivity index (χ1v) is 8.70. The third kappa shape index (κ3) is 4.14. The molecule has 1 saturated heterocycles. The molecule has 1 aromatic heterocycles. The summed E-state index contributed by atoms with van der Waals surface area (Å²) in [5.74, 6) is 0.680. The number of hydrogen-bond donors (Lipinski definition) is 1. The third-order valence-corrected chi connectivity index (χ3v) is 4.80. The minimum atomic E-state index is -0.397. The maximum Gasteiger partial charge on any atom is 0.290 e. The van der Waals surface area contributed by atoms with Gasteiger partial charge in [0.15, 0.2) is 0 Å². The van der Waals surface area contributed by atoms with Gasteiger partial charge in [-0.2, -0.15) is 0 Å². The molecule has 2 aromatic rings. The summed E-state index contributed by atoms with van der Waals surface area (Å²) in [6, 6.07) is 10.7. The highest BCUT2D eigenvalue weighted by molar-refractivity contribution is 5.47. The largest absolute Gasteiger partial charge is 0.368 e. The lowest BCUT2D eigenvalue weighted by Crippen LogP contribution is -2.31. The number of nitro groups is 1. The van der Waals surface area contributed by atoms with Crippen LogP contribution in [0.3, 0.4) is 0 Å². The normalized spacial score (nSPS) is 15.9. The zero-order valence-corrected chi connectivity index (χ0v) is 14.7. The topological polar surface area (TPSA) is 71.3 Å². The fourth-order valence-electron chi connectivity index (χ4n) is 3.34. The Morgan fingerprint density at radius 1 is 1.24 bits per heavy atom. The minimum absolute atomic E-state index is 0.0557. The predicted molar refractivity (Wildman–Crippen MR) is 98.8 cm³/mol. The number of aromatic nitrogens is 1. The molecule has 25 heavy (non-hydrogen) atoms. The molecule has 1 fully saturated rings. The van der Waals surface area contributed by atoms with E-state index in [1.165, 1.54) is 30.2 Å². The van der Waals surface area contributed by atoms with E-state index in [0.717, 1.165) is 19.6 Å². The molecule has 1 aliphatic rings. The van der Waals surface area contributed by atoms with Gasteiger partial charge in [0.05, 0.1) is 11.0 Å². The molecule has 1 N–H and O–H groups in total. The zero-order chi connectivity index (χ0) is 17.8. The highest BCUT2D eigenvalue weighted by atomic mass is 16.6. The molecule has 2 heterocycles. The maximum atomic E-state index is 10.9. The van der Waals surface area contributed by atoms with E-state index < -0.39 is 4.92 Å². The number of nitrogens with zero attached hydrogens (tertiary/aromatic N) is 3. The average Bonchev–Trinajstić information content (AvgIpc) is 3.10. The first kappa shape index (κ1) is 17.4. The van der Waals surface area contributed by atoms with E-state index >= 15 is 0 Å². The van der Waals surface area contributed by atoms with E-state index in [0.29, 0.717) is 11.4 Å². The third-order valence-electron chi connectivity index (χ3n) is 4.80. The van der Waals surface area contributed by atoms with Crippen molar-refractivity contribution in [3.8, 4) is 0 Å². The molecule has 1 atom stereocenters. The number of benzene rings is 1. The van der Waals surface area contributed by atoms with Crippen LogP contribution in [0.4, 0.5) is 11.5 Å². The van der Waals surface area contributed by atoms with Gasteiger partial charge in [0.1, 0.15) is 12.0 Å². The lowest BCUT2D eigenvalue weighted by atomic mass is 10.0. The summed E-state index contributed by atoms with van der Waals surface area (Å²) < 4.78 is 0. The monoisotopic (exact) mass is 340 g/mol. The van der Waals surface area contributed by atoms with Gasteiger partial charge in [0, 0.05) is 12.1 Å². The second-order valence-corrected chi connectivity index (χ2v) is 6.66. The van der Waals surface area contributed by atoms with Crippen LogP contribution in [0, 0.1) is 24.0 Å². The van der Waals surface area contributed by atoms with Crippen molar-refractivity contribution in [3.63, 3.8) is 0 Å². The van der Waals surface area contributed by atoms with Gasteiger partial charge in [0.2, 0.25) is 0 Å². The van der Waals surface area contributed by atoms with Crippen molar-refractivity contribution in [3.05, 3.63) is 63.3 Å². The molecular weight excluding hydrogens is 316 g/mol. The lowest BCUT2D eigenvalue weighted by Gasteiger charge is -2.28. The first-order chi connectivity index (χ1) is 12.0. The summed E-state index contributed by atoms with van der Waals surface area (Å²) in [4.78, 5) is 17.2. The van der Waals surface area contributed by atoms with Crippen LogP contribution in [0.25, 0.3) is 0 Å². The number of anilines is 1. The fraction of sp³-hybridized carbons (Fsp3) is 0.421. The molecule has 132 valence electrons. The smallest absolute Gasteiger partial charge is 0.290 e. The van der Waals surface area contributed by atoms with Crippen molar-refractivity contribution in [1.82, 2.24) is 9.88 Å². The van der Waals surface area contributed by atoms with E-state index in [1.807, 2.05) is 0 Å². The van der Waals surface area contributed by atoms with E-state index in [9.17, 15) is 10.1 Å². The van der Waals surface area contributed by atoms with Crippen molar-refractivity contribution < 1.29 is 4.92 Å². The minimum Gasteiger partial charge on any atom is -0.368 e. The summed E-state index contributed by atoms with van der Waals surface area (Å²) in [5.41, 5.74) is 3.22. The molecule has 0 aliphatic carbocycles. The van der Waals surface area contributed by atoms with Crippen LogP contribution in [0.5, 0.6) is 0 Å². The highest BCUT2D eigenvalue weighted by Gasteiger charge is 2.23. The number of hydrogen-bond acceptors (Lipinski definition) is 5. The number of likely N-dealkylation sites (tertiary alicyclic amines) is 1. The summed E-state index contributed by atoms with van der Waals surface area (Å²) in [5, 5.41) is 14.3. The zero-order valence-electron chi connectivity index (χ0n) is 14.7. The standard InChI is InChI=1S/C19H24N4O2/c1-14-5-7-16(8-6-14)18(22-9-3-4-10-22)13-21-19-11-15(2)17(12-20-19)23(24)25/h5-8,11-12,18H,3-4,9-10,13H2,1-2H3,(H,20,21). The van der Waals surface area contributed by atoms with Crippen molar-refractivity contribution in [2.45, 2.75) is 32.7 Å². The number of rotatable bonds is 6. The van der Waals surface area contributed by atoms with E-state index in [1.54, 1.807) is 13.0 Å². The number of pyridine rings is 1. The highest BCUT2D eigenvalue weighted by Crippen LogP contribution is 2.26. The maximum absolute atomic E-state index is 10.9. The Hall–Kier alpha value is -2.47. The summed E-state index contributed by atoms with van der Waals surface area (Å²) in [7, 11) is 0. The first-order valence-electron chi connectivity index (χ1n) is 8.70. The van der Waals surface area contributed by atoms with E-state index in [-0.39, 0.29) is 11.7 Å². The molecule has 3 rings (SSSR count). The number of aryl methyl sites for hydroxylation is 2. The Morgan fingerprint density at radius 3 is 2.52 bits per heavy atom. The molecule has 0 saturated carbocycles. The lowest BCUT2D eigenvalue weighted by molar-refractivity contribution is -0.385. The predicted octanol–water partition coefficient (Wildman–Crippen LogP) is 3.86. The molecule has 1 aromatic carbocycles. The fourth-order valence-corrected chi connectivity index (χ4v) is 3.34. The molecule has 0 bridgehead atoms. The summed E-state index contributed by atoms with van der Waals surface area (Å²) >= 11 is 0. The van der Waals surface area contributed by atoms with E-state index in [4.69, 9.17) is 0 Å². The Morgan fingerprint density at radius 2 is 1.92 bits per heavy atom. The molecule has 0 radical (unpaired) electrons. The van der Waals surface area contributed by atoms with Gasteiger partial charge < -0.3 is 5.32 Å². The SMILES string of the molecule is Cc1ccc(C(CNc2cc(C)c([N+](=O)[O-])cn2)N2CCCC2)cc1. The van der Waals surface area contributed by atoms with Gasteiger partial charge in [-0.15, -0.1) is 0 Å². The Bertz CT molecular complexity index is 740. The van der Waals surface area contributed by atoms with E-state index in [2.05, 4.69) is 46.4 Å². The van der Waals surface area contributed by atoms with Crippen LogP contribution >= 0.6 is 0 Å². The molecule has 6 nitrogen and oxygen atoms in total. The Labute approximate surface area is 148 Å². The molecule has 0 spiro atoms. The molecule has 6 heteroatoms. The van der Waals surface area contributed by atoms with Gasteiger partial charge in [-0.25, -0.2) is 4.98 Å². The Kier molecular flexibility index (Phi) is 5.28. The second kappa shape index (κ2) is 7.61. The van der Waals surface area contributed by atoms with Gasteiger partial charge in [-0.05, 0) is 51.4 Å². The van der Waals surface area contributed by atoms with Crippen molar-refractivity contribution >= 4 is 11.5 Å². The van der Waals surface area contributed by atoms with Crippen LogP contribution < -0.4 is 5.32 Å². The molecule has 1 unspecified atom stereocenters. The van der Waals surface area contributed by atoms with Crippen LogP contribution in [0.15, 0.2) is 36.5 Å². The van der Waals surface area contributed by atoms with Gasteiger partial charge in [-0.1, -0.05) is 29.8 Å².